The monoisotopic (exact) mass is 899 g/mol. The lowest BCUT2D eigenvalue weighted by molar-refractivity contribution is -0.167. The molecular weight excluding hydrogens is 793 g/mol. The Labute approximate surface area is 397 Å². The molecule has 64 heavy (non-hydrogen) atoms. The first-order chi connectivity index (χ1) is 31.5. The summed E-state index contributed by atoms with van der Waals surface area (Å²) in [5.41, 5.74) is 0. The molecule has 0 aromatic heterocycles. The Morgan fingerprint density at radius 1 is 0.312 bits per heavy atom. The van der Waals surface area contributed by atoms with Crippen molar-refractivity contribution in [3.05, 3.63) is 36.5 Å². The number of hydrogen-bond donors (Lipinski definition) is 0. The van der Waals surface area contributed by atoms with Crippen molar-refractivity contribution >= 4 is 17.9 Å². The van der Waals surface area contributed by atoms with Gasteiger partial charge in [0, 0.05) is 19.3 Å². The molecule has 0 saturated carbocycles. The van der Waals surface area contributed by atoms with E-state index >= 15 is 0 Å². The molecule has 0 aliphatic heterocycles. The molecule has 6 nitrogen and oxygen atoms in total. The van der Waals surface area contributed by atoms with Gasteiger partial charge in [-0.1, -0.05) is 237 Å². The van der Waals surface area contributed by atoms with Crippen LogP contribution in [0.3, 0.4) is 0 Å². The van der Waals surface area contributed by atoms with E-state index in [0.29, 0.717) is 19.3 Å². The third kappa shape index (κ3) is 50.6. The Balaban J connectivity index is 4.32. The highest BCUT2D eigenvalue weighted by Gasteiger charge is 2.19. The first kappa shape index (κ1) is 61.6. The molecule has 0 rings (SSSR count). The normalized spacial score (nSPS) is 12.2. The minimum Gasteiger partial charge on any atom is -0.462 e. The standard InChI is InChI=1S/C58H106O6/c1-4-7-10-13-16-19-22-25-27-28-29-30-32-33-36-39-42-45-48-51-57(60)63-54-55(53-62-56(59)50-47-44-41-38-35-24-21-18-15-12-9-6-3)64-58(61)52-49-46-43-40-37-34-31-26-23-20-17-14-11-8-5-2/h16,18-19,21,25,27,55H,4-15,17,20,22-24,26,28-54H2,1-3H3/b19-16-,21-18-,27-25-. The zero-order chi connectivity index (χ0) is 46.5. The molecule has 0 radical (unpaired) electrons. The maximum Gasteiger partial charge on any atom is 0.306 e. The summed E-state index contributed by atoms with van der Waals surface area (Å²) < 4.78 is 16.8. The summed E-state index contributed by atoms with van der Waals surface area (Å²) in [7, 11) is 0. The summed E-state index contributed by atoms with van der Waals surface area (Å²) in [6.07, 6.45) is 62.7. The summed E-state index contributed by atoms with van der Waals surface area (Å²) in [5.74, 6) is -0.872. The van der Waals surface area contributed by atoms with Crippen LogP contribution < -0.4 is 0 Å². The smallest absolute Gasteiger partial charge is 0.306 e. The van der Waals surface area contributed by atoms with Gasteiger partial charge in [-0.25, -0.2) is 0 Å². The molecule has 1 atom stereocenters. The third-order valence-corrected chi connectivity index (χ3v) is 12.4. The number of carbonyl (C=O) groups excluding carboxylic acids is 3. The van der Waals surface area contributed by atoms with Crippen molar-refractivity contribution in [1.29, 1.82) is 0 Å². The number of hydrogen-bond acceptors (Lipinski definition) is 6. The fraction of sp³-hybridized carbons (Fsp3) is 0.845. The number of allylic oxidation sites excluding steroid dienone is 6. The molecule has 0 aromatic rings. The molecule has 0 spiro atoms. The molecule has 0 heterocycles. The second-order valence-electron chi connectivity index (χ2n) is 18.8. The molecular formula is C58H106O6. The Hall–Kier alpha value is -2.37. The molecule has 0 N–H and O–H groups in total. The molecule has 0 aliphatic carbocycles. The minimum atomic E-state index is -0.773. The molecule has 0 amide bonds. The van der Waals surface area contributed by atoms with Crippen molar-refractivity contribution in [2.45, 2.75) is 303 Å². The van der Waals surface area contributed by atoms with Crippen molar-refractivity contribution in [2.24, 2.45) is 0 Å². The third-order valence-electron chi connectivity index (χ3n) is 12.4. The van der Waals surface area contributed by atoms with Crippen molar-refractivity contribution < 1.29 is 28.6 Å². The van der Waals surface area contributed by atoms with Crippen molar-refractivity contribution in [2.75, 3.05) is 13.2 Å². The Bertz CT molecular complexity index is 1080. The van der Waals surface area contributed by atoms with E-state index in [9.17, 15) is 14.4 Å². The van der Waals surface area contributed by atoms with Crippen LogP contribution in [0.1, 0.15) is 297 Å². The summed E-state index contributed by atoms with van der Waals surface area (Å²) in [6.45, 7) is 6.61. The summed E-state index contributed by atoms with van der Waals surface area (Å²) in [4.78, 5) is 38.1. The number of unbranched alkanes of at least 4 members (excludes halogenated alkanes) is 34. The summed E-state index contributed by atoms with van der Waals surface area (Å²) in [5, 5.41) is 0. The summed E-state index contributed by atoms with van der Waals surface area (Å²) >= 11 is 0. The number of esters is 3. The minimum absolute atomic E-state index is 0.0737. The van der Waals surface area contributed by atoms with Gasteiger partial charge in [0.1, 0.15) is 13.2 Å². The van der Waals surface area contributed by atoms with Crippen LogP contribution in [0.4, 0.5) is 0 Å². The predicted octanol–water partition coefficient (Wildman–Crippen LogP) is 18.5. The van der Waals surface area contributed by atoms with Crippen molar-refractivity contribution in [3.8, 4) is 0 Å². The van der Waals surface area contributed by atoms with Gasteiger partial charge < -0.3 is 14.2 Å². The first-order valence-electron chi connectivity index (χ1n) is 28.0. The van der Waals surface area contributed by atoms with E-state index in [4.69, 9.17) is 14.2 Å². The van der Waals surface area contributed by atoms with Gasteiger partial charge in [-0.05, 0) is 77.0 Å². The molecule has 6 heteroatoms. The fourth-order valence-electron chi connectivity index (χ4n) is 8.12. The lowest BCUT2D eigenvalue weighted by Crippen LogP contribution is -2.30. The van der Waals surface area contributed by atoms with Crippen LogP contribution in [0.15, 0.2) is 36.5 Å². The van der Waals surface area contributed by atoms with Gasteiger partial charge in [0.25, 0.3) is 0 Å². The highest BCUT2D eigenvalue weighted by molar-refractivity contribution is 5.71. The molecule has 1 unspecified atom stereocenters. The zero-order valence-corrected chi connectivity index (χ0v) is 42.8. The number of carbonyl (C=O) groups is 3. The van der Waals surface area contributed by atoms with Crippen LogP contribution >= 0.6 is 0 Å². The quantitative estimate of drug-likeness (QED) is 0.0262. The van der Waals surface area contributed by atoms with Gasteiger partial charge in [0.05, 0.1) is 0 Å². The van der Waals surface area contributed by atoms with Crippen LogP contribution in [-0.4, -0.2) is 37.2 Å². The Kier molecular flexibility index (Phi) is 51.3. The fourth-order valence-corrected chi connectivity index (χ4v) is 8.12. The highest BCUT2D eigenvalue weighted by Crippen LogP contribution is 2.16. The molecule has 0 saturated heterocycles. The van der Waals surface area contributed by atoms with Crippen LogP contribution in [0.25, 0.3) is 0 Å². The second-order valence-corrected chi connectivity index (χ2v) is 18.8. The van der Waals surface area contributed by atoms with Gasteiger partial charge >= 0.3 is 17.9 Å². The topological polar surface area (TPSA) is 78.9 Å². The second kappa shape index (κ2) is 53.2. The predicted molar refractivity (Wildman–Crippen MR) is 275 cm³/mol. The van der Waals surface area contributed by atoms with Crippen LogP contribution in [0.5, 0.6) is 0 Å². The van der Waals surface area contributed by atoms with Gasteiger partial charge in [-0.2, -0.15) is 0 Å². The molecule has 0 aliphatic rings. The molecule has 374 valence electrons. The average molecular weight is 899 g/mol. The van der Waals surface area contributed by atoms with E-state index in [1.54, 1.807) is 0 Å². The van der Waals surface area contributed by atoms with E-state index in [0.717, 1.165) is 70.6 Å². The lowest BCUT2D eigenvalue weighted by atomic mass is 10.0. The van der Waals surface area contributed by atoms with Crippen molar-refractivity contribution in [3.63, 3.8) is 0 Å². The maximum absolute atomic E-state index is 12.8. The number of ether oxygens (including phenoxy) is 3. The van der Waals surface area contributed by atoms with E-state index in [-0.39, 0.29) is 31.1 Å². The van der Waals surface area contributed by atoms with Crippen LogP contribution in [0, 0.1) is 0 Å². The zero-order valence-electron chi connectivity index (χ0n) is 42.8. The van der Waals surface area contributed by atoms with Crippen LogP contribution in [-0.2, 0) is 28.6 Å². The summed E-state index contributed by atoms with van der Waals surface area (Å²) in [6, 6.07) is 0. The van der Waals surface area contributed by atoms with E-state index in [2.05, 4.69) is 57.2 Å². The number of rotatable bonds is 51. The largest absolute Gasteiger partial charge is 0.462 e. The van der Waals surface area contributed by atoms with Gasteiger partial charge in [-0.3, -0.25) is 14.4 Å². The van der Waals surface area contributed by atoms with Gasteiger partial charge in [0.2, 0.25) is 0 Å². The lowest BCUT2D eigenvalue weighted by Gasteiger charge is -2.18. The van der Waals surface area contributed by atoms with E-state index in [1.165, 1.54) is 186 Å². The average Bonchev–Trinajstić information content (AvgIpc) is 3.29. The molecule has 0 fully saturated rings. The SMILES string of the molecule is CCCCC/C=C\C/C=C\CCCCCCCCCCCC(=O)OCC(COC(=O)CCCCCCC/C=C\CCCCC)OC(=O)CCCCCCCCCCCCCCCCC. The van der Waals surface area contributed by atoms with E-state index < -0.39 is 6.10 Å². The maximum atomic E-state index is 12.8. The van der Waals surface area contributed by atoms with Crippen LogP contribution in [0.2, 0.25) is 0 Å². The van der Waals surface area contributed by atoms with Crippen molar-refractivity contribution in [1.82, 2.24) is 0 Å². The molecule has 0 bridgehead atoms. The van der Waals surface area contributed by atoms with Gasteiger partial charge in [-0.15, -0.1) is 0 Å². The molecule has 0 aromatic carbocycles. The first-order valence-corrected chi connectivity index (χ1v) is 28.0. The van der Waals surface area contributed by atoms with Gasteiger partial charge in [0.15, 0.2) is 6.10 Å². The Morgan fingerprint density at radius 2 is 0.562 bits per heavy atom. The highest BCUT2D eigenvalue weighted by atomic mass is 16.6. The van der Waals surface area contributed by atoms with E-state index in [1.807, 2.05) is 0 Å². The Morgan fingerprint density at radius 3 is 0.906 bits per heavy atom.